The van der Waals surface area contributed by atoms with Gasteiger partial charge in [0.1, 0.15) is 5.82 Å². The SMILES string of the molecule is O=C(CNS(=O)(=O)c1cccc(F)c1)NCc1ccnc(-c2ccncc2)c1. The van der Waals surface area contributed by atoms with E-state index in [1.54, 1.807) is 24.7 Å². The van der Waals surface area contributed by atoms with Gasteiger partial charge in [0.05, 0.1) is 17.1 Å². The molecule has 0 saturated heterocycles. The molecule has 144 valence electrons. The van der Waals surface area contributed by atoms with Crippen LogP contribution >= 0.6 is 0 Å². The summed E-state index contributed by atoms with van der Waals surface area (Å²) in [6.07, 6.45) is 4.95. The Hall–Kier alpha value is -3.17. The molecule has 0 aliphatic heterocycles. The van der Waals surface area contributed by atoms with Gasteiger partial charge in [0.15, 0.2) is 0 Å². The first-order valence-electron chi connectivity index (χ1n) is 8.31. The number of hydrogen-bond donors (Lipinski definition) is 2. The predicted octanol–water partition coefficient (Wildman–Crippen LogP) is 1.88. The Kier molecular flexibility index (Phi) is 6.07. The molecule has 1 amide bonds. The van der Waals surface area contributed by atoms with E-state index >= 15 is 0 Å². The van der Waals surface area contributed by atoms with Crippen molar-refractivity contribution >= 4 is 15.9 Å². The number of carbonyl (C=O) groups excluding carboxylic acids is 1. The van der Waals surface area contributed by atoms with Gasteiger partial charge in [-0.15, -0.1) is 0 Å². The molecule has 7 nitrogen and oxygen atoms in total. The molecule has 1 aromatic carbocycles. The molecular formula is C19H17FN4O3S. The first-order valence-corrected chi connectivity index (χ1v) is 9.80. The summed E-state index contributed by atoms with van der Waals surface area (Å²) in [5, 5.41) is 2.63. The molecule has 0 atom stereocenters. The second-order valence-corrected chi connectivity index (χ2v) is 7.61. The van der Waals surface area contributed by atoms with Gasteiger partial charge >= 0.3 is 0 Å². The van der Waals surface area contributed by atoms with Crippen LogP contribution in [0.4, 0.5) is 4.39 Å². The number of rotatable bonds is 7. The highest BCUT2D eigenvalue weighted by Gasteiger charge is 2.16. The summed E-state index contributed by atoms with van der Waals surface area (Å²) in [5.41, 5.74) is 2.44. The summed E-state index contributed by atoms with van der Waals surface area (Å²) in [6, 6.07) is 11.8. The van der Waals surface area contributed by atoms with Gasteiger partial charge in [0.25, 0.3) is 0 Å². The lowest BCUT2D eigenvalue weighted by Crippen LogP contribution is -2.36. The Bertz CT molecular complexity index is 1080. The number of nitrogens with zero attached hydrogens (tertiary/aromatic N) is 2. The highest BCUT2D eigenvalue weighted by atomic mass is 32.2. The van der Waals surface area contributed by atoms with Crippen molar-refractivity contribution in [1.29, 1.82) is 0 Å². The van der Waals surface area contributed by atoms with E-state index in [1.165, 1.54) is 12.1 Å². The molecule has 0 aliphatic rings. The fourth-order valence-electron chi connectivity index (χ4n) is 2.41. The molecule has 2 aromatic heterocycles. The highest BCUT2D eigenvalue weighted by Crippen LogP contribution is 2.16. The quantitative estimate of drug-likeness (QED) is 0.631. The number of carbonyl (C=O) groups is 1. The minimum absolute atomic E-state index is 0.209. The summed E-state index contributed by atoms with van der Waals surface area (Å²) >= 11 is 0. The number of nitrogens with one attached hydrogen (secondary N) is 2. The zero-order valence-corrected chi connectivity index (χ0v) is 15.5. The predicted molar refractivity (Wildman–Crippen MR) is 101 cm³/mol. The summed E-state index contributed by atoms with van der Waals surface area (Å²) in [7, 11) is -3.97. The van der Waals surface area contributed by atoms with Crippen molar-refractivity contribution in [1.82, 2.24) is 20.0 Å². The number of hydrogen-bond acceptors (Lipinski definition) is 5. The van der Waals surface area contributed by atoms with E-state index in [0.29, 0.717) is 0 Å². The first kappa shape index (κ1) is 19.6. The zero-order chi connectivity index (χ0) is 20.0. The van der Waals surface area contributed by atoms with E-state index < -0.39 is 28.3 Å². The fourth-order valence-corrected chi connectivity index (χ4v) is 3.42. The zero-order valence-electron chi connectivity index (χ0n) is 14.7. The van der Waals surface area contributed by atoms with Gasteiger partial charge in [-0.1, -0.05) is 6.07 Å². The maximum Gasteiger partial charge on any atom is 0.241 e. The van der Waals surface area contributed by atoms with E-state index in [2.05, 4.69) is 20.0 Å². The molecule has 28 heavy (non-hydrogen) atoms. The second kappa shape index (κ2) is 8.68. The maximum absolute atomic E-state index is 13.2. The van der Waals surface area contributed by atoms with Crippen LogP contribution in [0.25, 0.3) is 11.3 Å². The number of halogens is 1. The summed E-state index contributed by atoms with van der Waals surface area (Å²) < 4.78 is 39.5. The molecule has 0 aliphatic carbocycles. The van der Waals surface area contributed by atoms with Gasteiger partial charge in [0.2, 0.25) is 15.9 Å². The Balaban J connectivity index is 1.56. The summed E-state index contributed by atoms with van der Waals surface area (Å²) in [4.78, 5) is 20.0. The summed E-state index contributed by atoms with van der Waals surface area (Å²) in [5.74, 6) is -1.18. The largest absolute Gasteiger partial charge is 0.351 e. The van der Waals surface area contributed by atoms with Crippen molar-refractivity contribution in [3.05, 3.63) is 78.5 Å². The van der Waals surface area contributed by atoms with Crippen molar-refractivity contribution < 1.29 is 17.6 Å². The maximum atomic E-state index is 13.2. The van der Waals surface area contributed by atoms with Crippen molar-refractivity contribution in [2.24, 2.45) is 0 Å². The molecule has 9 heteroatoms. The van der Waals surface area contributed by atoms with Crippen LogP contribution in [-0.2, 0) is 21.4 Å². The third-order valence-electron chi connectivity index (χ3n) is 3.82. The summed E-state index contributed by atoms with van der Waals surface area (Å²) in [6.45, 7) is -0.248. The van der Waals surface area contributed by atoms with Crippen molar-refractivity contribution in [2.75, 3.05) is 6.54 Å². The Morgan fingerprint density at radius 3 is 2.57 bits per heavy atom. The number of benzene rings is 1. The topological polar surface area (TPSA) is 101 Å². The van der Waals surface area contributed by atoms with Crippen LogP contribution in [0, 0.1) is 5.82 Å². The normalized spacial score (nSPS) is 11.2. The minimum atomic E-state index is -3.97. The lowest BCUT2D eigenvalue weighted by Gasteiger charge is -2.09. The Morgan fingerprint density at radius 1 is 1.04 bits per heavy atom. The van der Waals surface area contributed by atoms with E-state index in [1.807, 2.05) is 18.2 Å². The van der Waals surface area contributed by atoms with Crippen LogP contribution in [-0.4, -0.2) is 30.8 Å². The monoisotopic (exact) mass is 400 g/mol. The Morgan fingerprint density at radius 2 is 1.82 bits per heavy atom. The smallest absolute Gasteiger partial charge is 0.241 e. The van der Waals surface area contributed by atoms with Crippen molar-refractivity contribution in [2.45, 2.75) is 11.4 Å². The third-order valence-corrected chi connectivity index (χ3v) is 5.22. The van der Waals surface area contributed by atoms with E-state index in [-0.39, 0.29) is 11.4 Å². The molecule has 2 heterocycles. The van der Waals surface area contributed by atoms with E-state index in [0.717, 1.165) is 29.0 Å². The molecule has 3 rings (SSSR count). The van der Waals surface area contributed by atoms with Crippen LogP contribution in [0.5, 0.6) is 0 Å². The molecule has 0 radical (unpaired) electrons. The molecular weight excluding hydrogens is 383 g/mol. The number of sulfonamides is 1. The van der Waals surface area contributed by atoms with Crippen molar-refractivity contribution in [3.8, 4) is 11.3 Å². The minimum Gasteiger partial charge on any atom is -0.351 e. The molecule has 0 spiro atoms. The first-order chi connectivity index (χ1) is 13.4. The molecule has 2 N–H and O–H groups in total. The number of aromatic nitrogens is 2. The van der Waals surface area contributed by atoms with E-state index in [4.69, 9.17) is 0 Å². The molecule has 3 aromatic rings. The molecule has 0 bridgehead atoms. The molecule has 0 saturated carbocycles. The van der Waals surface area contributed by atoms with Gasteiger partial charge in [-0.3, -0.25) is 14.8 Å². The van der Waals surface area contributed by atoms with Crippen LogP contribution < -0.4 is 10.0 Å². The Labute approximate surface area is 161 Å². The molecule has 0 unspecified atom stereocenters. The van der Waals surface area contributed by atoms with Crippen LogP contribution in [0.2, 0.25) is 0 Å². The third kappa shape index (κ3) is 5.18. The fraction of sp³-hybridized carbons (Fsp3) is 0.105. The van der Waals surface area contributed by atoms with Crippen LogP contribution in [0.15, 0.2) is 72.0 Å². The van der Waals surface area contributed by atoms with Crippen LogP contribution in [0.1, 0.15) is 5.56 Å². The van der Waals surface area contributed by atoms with Gasteiger partial charge in [-0.25, -0.2) is 17.5 Å². The lowest BCUT2D eigenvalue weighted by molar-refractivity contribution is -0.120. The van der Waals surface area contributed by atoms with E-state index in [9.17, 15) is 17.6 Å². The van der Waals surface area contributed by atoms with Crippen molar-refractivity contribution in [3.63, 3.8) is 0 Å². The van der Waals surface area contributed by atoms with Crippen LogP contribution in [0.3, 0.4) is 0 Å². The highest BCUT2D eigenvalue weighted by molar-refractivity contribution is 7.89. The lowest BCUT2D eigenvalue weighted by atomic mass is 10.1. The number of amides is 1. The second-order valence-electron chi connectivity index (χ2n) is 5.84. The standard InChI is InChI=1S/C19H17FN4O3S/c20-16-2-1-3-17(11-16)28(26,27)24-13-19(25)23-12-14-4-9-22-18(10-14)15-5-7-21-8-6-15/h1-11,24H,12-13H2,(H,23,25). The molecule has 0 fully saturated rings. The average Bonchev–Trinajstić information content (AvgIpc) is 2.72. The van der Waals surface area contributed by atoms with Gasteiger partial charge in [0, 0.05) is 30.7 Å². The van der Waals surface area contributed by atoms with Gasteiger partial charge < -0.3 is 5.32 Å². The number of pyridine rings is 2. The van der Waals surface area contributed by atoms with Gasteiger partial charge in [-0.2, -0.15) is 0 Å². The average molecular weight is 400 g/mol. The van der Waals surface area contributed by atoms with Gasteiger partial charge in [-0.05, 0) is 48.0 Å².